The van der Waals surface area contributed by atoms with Crippen molar-refractivity contribution in [2.45, 2.75) is 79.8 Å². The lowest BCUT2D eigenvalue weighted by molar-refractivity contribution is 0.0583. The van der Waals surface area contributed by atoms with Crippen molar-refractivity contribution in [1.29, 1.82) is 0 Å². The highest BCUT2D eigenvalue weighted by Crippen LogP contribution is 2.30. The number of benzene rings is 1. The lowest BCUT2D eigenvalue weighted by Gasteiger charge is -2.18. The number of halogens is 1. The van der Waals surface area contributed by atoms with Crippen LogP contribution in [0.15, 0.2) is 59.0 Å². The van der Waals surface area contributed by atoms with Crippen molar-refractivity contribution in [2.75, 3.05) is 19.8 Å². The van der Waals surface area contributed by atoms with Crippen LogP contribution < -0.4 is 0 Å². The molecule has 3 nitrogen and oxygen atoms in total. The van der Waals surface area contributed by atoms with Crippen molar-refractivity contribution in [1.82, 2.24) is 0 Å². The molecule has 1 aromatic carbocycles. The lowest BCUT2D eigenvalue weighted by Crippen LogP contribution is -2.11. The zero-order chi connectivity index (χ0) is 23.5. The van der Waals surface area contributed by atoms with Crippen LogP contribution in [0, 0.1) is 0 Å². The average Bonchev–Trinajstić information content (AvgIpc) is 3.14. The lowest BCUT2D eigenvalue weighted by atomic mass is 10.0. The van der Waals surface area contributed by atoms with Gasteiger partial charge in [-0.25, -0.2) is 0 Å². The van der Waals surface area contributed by atoms with E-state index in [0.717, 1.165) is 29.7 Å². The molecule has 2 aliphatic heterocycles. The van der Waals surface area contributed by atoms with Crippen LogP contribution in [0.1, 0.15) is 84.5 Å². The fourth-order valence-corrected chi connectivity index (χ4v) is 3.57. The SMILES string of the molecule is C=CC1=C(/C=C/Cc2cc([C@H]3CCCCCO3)ccc2Br)OCCO1.CC.CC.CC. The van der Waals surface area contributed by atoms with Gasteiger partial charge in [0.2, 0.25) is 0 Å². The van der Waals surface area contributed by atoms with Gasteiger partial charge in [-0.05, 0) is 48.6 Å². The fourth-order valence-electron chi connectivity index (χ4n) is 3.16. The molecule has 2 heterocycles. The molecule has 4 heteroatoms. The summed E-state index contributed by atoms with van der Waals surface area (Å²) in [5, 5.41) is 0. The summed E-state index contributed by atoms with van der Waals surface area (Å²) in [6.45, 7) is 17.8. The summed E-state index contributed by atoms with van der Waals surface area (Å²) < 4.78 is 18.3. The molecular formula is C27H43BrO3. The largest absolute Gasteiger partial charge is 0.486 e. The molecule has 0 amide bonds. The maximum absolute atomic E-state index is 6.02. The van der Waals surface area contributed by atoms with Crippen molar-refractivity contribution in [3.63, 3.8) is 0 Å². The average molecular weight is 496 g/mol. The van der Waals surface area contributed by atoms with Gasteiger partial charge in [-0.3, -0.25) is 0 Å². The normalized spacial score (nSPS) is 18.0. The van der Waals surface area contributed by atoms with Gasteiger partial charge in [0.1, 0.15) is 13.2 Å². The molecule has 3 rings (SSSR count). The summed E-state index contributed by atoms with van der Waals surface area (Å²) in [5.74, 6) is 1.46. The Hall–Kier alpha value is -1.52. The Morgan fingerprint density at radius 3 is 2.29 bits per heavy atom. The van der Waals surface area contributed by atoms with Crippen LogP contribution in [0.4, 0.5) is 0 Å². The van der Waals surface area contributed by atoms with Gasteiger partial charge in [0, 0.05) is 11.1 Å². The molecule has 0 unspecified atom stereocenters. The smallest absolute Gasteiger partial charge is 0.161 e. The van der Waals surface area contributed by atoms with Crippen molar-refractivity contribution >= 4 is 15.9 Å². The Morgan fingerprint density at radius 2 is 1.61 bits per heavy atom. The molecule has 1 atom stereocenters. The predicted molar refractivity (Wildman–Crippen MR) is 137 cm³/mol. The van der Waals surface area contributed by atoms with E-state index in [2.05, 4.69) is 46.8 Å². The molecule has 31 heavy (non-hydrogen) atoms. The minimum absolute atomic E-state index is 0.225. The monoisotopic (exact) mass is 494 g/mol. The number of allylic oxidation sites excluding steroid dienone is 3. The first-order valence-electron chi connectivity index (χ1n) is 12.0. The van der Waals surface area contributed by atoms with Gasteiger partial charge in [0.25, 0.3) is 0 Å². The summed E-state index contributed by atoms with van der Waals surface area (Å²) in [6, 6.07) is 6.55. The molecule has 0 radical (unpaired) electrons. The second kappa shape index (κ2) is 19.2. The number of ether oxygens (including phenoxy) is 3. The summed E-state index contributed by atoms with van der Waals surface area (Å²) in [4.78, 5) is 0. The van der Waals surface area contributed by atoms with E-state index in [9.17, 15) is 0 Å². The summed E-state index contributed by atoms with van der Waals surface area (Å²) in [7, 11) is 0. The minimum Gasteiger partial charge on any atom is -0.486 e. The van der Waals surface area contributed by atoms with Crippen LogP contribution in [0.5, 0.6) is 0 Å². The summed E-state index contributed by atoms with van der Waals surface area (Å²) in [6.07, 6.45) is 11.6. The third-order valence-electron chi connectivity index (χ3n) is 4.50. The molecule has 0 aromatic heterocycles. The van der Waals surface area contributed by atoms with Crippen molar-refractivity contribution < 1.29 is 14.2 Å². The van der Waals surface area contributed by atoms with Gasteiger partial charge >= 0.3 is 0 Å². The predicted octanol–water partition coefficient (Wildman–Crippen LogP) is 8.70. The topological polar surface area (TPSA) is 27.7 Å². The Morgan fingerprint density at radius 1 is 0.935 bits per heavy atom. The molecule has 1 fully saturated rings. The van der Waals surface area contributed by atoms with E-state index in [-0.39, 0.29) is 6.10 Å². The van der Waals surface area contributed by atoms with Crippen LogP contribution in [0.25, 0.3) is 0 Å². The van der Waals surface area contributed by atoms with Crippen LogP contribution in [0.2, 0.25) is 0 Å². The first-order valence-corrected chi connectivity index (χ1v) is 12.8. The zero-order valence-corrected chi connectivity index (χ0v) is 22.1. The molecule has 0 bridgehead atoms. The molecule has 1 saturated heterocycles. The van der Waals surface area contributed by atoms with Gasteiger partial charge in [0.15, 0.2) is 11.5 Å². The van der Waals surface area contributed by atoms with Gasteiger partial charge in [-0.15, -0.1) is 0 Å². The number of rotatable bonds is 5. The molecule has 0 spiro atoms. The first kappa shape index (κ1) is 29.5. The standard InChI is InChI=1S/C21H25BrO3.3C2H6/c1-2-19-21(25-14-13-24-19)9-6-7-16-15-17(10-11-18(16)22)20-8-4-3-5-12-23-20;3*1-2/h2,6,9-11,15,20H,1,3-5,7-8,12-14H2;3*1-2H3/b9-6+;;;/t20-;;;/m1.../s1. The van der Waals surface area contributed by atoms with Crippen LogP contribution in [-0.2, 0) is 20.6 Å². The number of hydrogen-bond donors (Lipinski definition) is 0. The van der Waals surface area contributed by atoms with Gasteiger partial charge < -0.3 is 14.2 Å². The van der Waals surface area contributed by atoms with Crippen LogP contribution >= 0.6 is 15.9 Å². The highest BCUT2D eigenvalue weighted by molar-refractivity contribution is 9.10. The molecule has 1 aromatic rings. The number of hydrogen-bond acceptors (Lipinski definition) is 3. The highest BCUT2D eigenvalue weighted by Gasteiger charge is 2.16. The van der Waals surface area contributed by atoms with E-state index in [0.29, 0.717) is 19.0 Å². The Labute approximate surface area is 199 Å². The van der Waals surface area contributed by atoms with E-state index in [1.807, 2.05) is 47.6 Å². The summed E-state index contributed by atoms with van der Waals surface area (Å²) >= 11 is 3.66. The second-order valence-electron chi connectivity index (χ2n) is 6.30. The third-order valence-corrected chi connectivity index (χ3v) is 5.28. The minimum atomic E-state index is 0.225. The van der Waals surface area contributed by atoms with E-state index in [1.54, 1.807) is 6.08 Å². The molecule has 0 N–H and O–H groups in total. The van der Waals surface area contributed by atoms with E-state index in [4.69, 9.17) is 14.2 Å². The van der Waals surface area contributed by atoms with Crippen molar-refractivity contribution in [2.24, 2.45) is 0 Å². The van der Waals surface area contributed by atoms with Crippen LogP contribution in [0.3, 0.4) is 0 Å². The molecule has 176 valence electrons. The quantitative estimate of drug-likeness (QED) is 0.409. The maximum atomic E-state index is 6.02. The van der Waals surface area contributed by atoms with E-state index in [1.165, 1.54) is 30.4 Å². The van der Waals surface area contributed by atoms with Crippen LogP contribution in [-0.4, -0.2) is 19.8 Å². The molecule has 0 aliphatic carbocycles. The second-order valence-corrected chi connectivity index (χ2v) is 7.15. The third kappa shape index (κ3) is 10.6. The van der Waals surface area contributed by atoms with E-state index >= 15 is 0 Å². The van der Waals surface area contributed by atoms with Gasteiger partial charge in [-0.1, -0.05) is 95.1 Å². The van der Waals surface area contributed by atoms with Gasteiger partial charge in [0.05, 0.1) is 6.10 Å². The Kier molecular flexibility index (Phi) is 18.2. The Balaban J connectivity index is 0.00000138. The van der Waals surface area contributed by atoms with Crippen molar-refractivity contribution in [3.8, 4) is 0 Å². The first-order chi connectivity index (χ1) is 15.3. The molecular weight excluding hydrogens is 452 g/mol. The van der Waals surface area contributed by atoms with E-state index < -0.39 is 0 Å². The molecule has 2 aliphatic rings. The van der Waals surface area contributed by atoms with Crippen molar-refractivity contribution in [3.05, 3.63) is 70.1 Å². The highest BCUT2D eigenvalue weighted by atomic mass is 79.9. The zero-order valence-electron chi connectivity index (χ0n) is 20.5. The Bertz CT molecular complexity index is 656. The molecule has 0 saturated carbocycles. The van der Waals surface area contributed by atoms with Gasteiger partial charge in [-0.2, -0.15) is 0 Å². The fraction of sp³-hybridized carbons (Fsp3) is 0.556. The maximum Gasteiger partial charge on any atom is 0.161 e. The summed E-state index contributed by atoms with van der Waals surface area (Å²) in [5.41, 5.74) is 2.52.